The Kier molecular flexibility index (Phi) is 4.40. The first-order valence-electron chi connectivity index (χ1n) is 10.3. The molecule has 2 N–H and O–H groups in total. The number of anilines is 1. The number of halogens is 1. The SMILES string of the molecule is CC(c1ccccc1)N1c2c(ccc(-n3c(=O)[nH]c4ncccc43)c2F)C(=O)NC1(C)C. The topological polar surface area (TPSA) is 83.0 Å². The molecule has 8 heteroatoms. The van der Waals surface area contributed by atoms with E-state index in [0.717, 1.165) is 5.56 Å². The van der Waals surface area contributed by atoms with Gasteiger partial charge in [-0.25, -0.2) is 14.2 Å². The molecule has 0 bridgehead atoms. The van der Waals surface area contributed by atoms with Gasteiger partial charge in [-0.3, -0.25) is 14.3 Å². The Hall–Kier alpha value is -3.94. The van der Waals surface area contributed by atoms with Gasteiger partial charge in [0.25, 0.3) is 5.91 Å². The lowest BCUT2D eigenvalue weighted by atomic mass is 9.95. The molecule has 1 atom stereocenters. The third-order valence-corrected chi connectivity index (χ3v) is 5.97. The van der Waals surface area contributed by atoms with Crippen molar-refractivity contribution in [1.29, 1.82) is 0 Å². The number of carbonyl (C=O) groups excluding carboxylic acids is 1. The van der Waals surface area contributed by atoms with Crippen LogP contribution < -0.4 is 15.9 Å². The summed E-state index contributed by atoms with van der Waals surface area (Å²) >= 11 is 0. The number of nitrogens with zero attached hydrogens (tertiary/aromatic N) is 3. The second kappa shape index (κ2) is 7.05. The molecule has 1 unspecified atom stereocenters. The van der Waals surface area contributed by atoms with Crippen LogP contribution in [0, 0.1) is 5.82 Å². The minimum absolute atomic E-state index is 0.0590. The molecule has 0 spiro atoms. The molecule has 2 aromatic carbocycles. The average Bonchev–Trinajstić information content (AvgIpc) is 3.10. The third kappa shape index (κ3) is 2.90. The molecular formula is C24H22FN5O2. The molecule has 1 aliphatic heterocycles. The maximum absolute atomic E-state index is 16.3. The molecule has 32 heavy (non-hydrogen) atoms. The number of carbonyl (C=O) groups is 1. The molecular weight excluding hydrogens is 409 g/mol. The molecule has 2 aromatic heterocycles. The Labute approximate surface area is 183 Å². The van der Waals surface area contributed by atoms with E-state index in [1.54, 1.807) is 24.4 Å². The number of hydrogen-bond donors (Lipinski definition) is 2. The van der Waals surface area contributed by atoms with E-state index in [9.17, 15) is 9.59 Å². The number of amides is 1. The molecule has 0 aliphatic carbocycles. The lowest BCUT2D eigenvalue weighted by Gasteiger charge is -2.48. The molecule has 5 rings (SSSR count). The summed E-state index contributed by atoms with van der Waals surface area (Å²) in [6, 6.07) is 15.8. The van der Waals surface area contributed by atoms with E-state index in [-0.39, 0.29) is 28.9 Å². The summed E-state index contributed by atoms with van der Waals surface area (Å²) in [6.07, 6.45) is 1.56. The van der Waals surface area contributed by atoms with Crippen LogP contribution >= 0.6 is 0 Å². The Bertz CT molecular complexity index is 1410. The van der Waals surface area contributed by atoms with Crippen LogP contribution in [0.4, 0.5) is 10.1 Å². The third-order valence-electron chi connectivity index (χ3n) is 5.97. The number of fused-ring (bicyclic) bond motifs is 2. The summed E-state index contributed by atoms with van der Waals surface area (Å²) in [7, 11) is 0. The molecule has 0 saturated heterocycles. The van der Waals surface area contributed by atoms with Crippen molar-refractivity contribution in [3.63, 3.8) is 0 Å². The van der Waals surface area contributed by atoms with Gasteiger partial charge in [-0.15, -0.1) is 0 Å². The summed E-state index contributed by atoms with van der Waals surface area (Å²) in [5.41, 5.74) is 0.869. The molecule has 0 fully saturated rings. The van der Waals surface area contributed by atoms with E-state index in [4.69, 9.17) is 0 Å². The van der Waals surface area contributed by atoms with Gasteiger partial charge in [0.2, 0.25) is 0 Å². The molecule has 0 radical (unpaired) electrons. The van der Waals surface area contributed by atoms with Crippen molar-refractivity contribution in [2.45, 2.75) is 32.5 Å². The molecule has 1 aliphatic rings. The van der Waals surface area contributed by atoms with Crippen LogP contribution in [0.2, 0.25) is 0 Å². The van der Waals surface area contributed by atoms with Crippen molar-refractivity contribution < 1.29 is 9.18 Å². The van der Waals surface area contributed by atoms with E-state index >= 15 is 4.39 Å². The second-order valence-electron chi connectivity index (χ2n) is 8.40. The van der Waals surface area contributed by atoms with Crippen LogP contribution in [0.5, 0.6) is 0 Å². The summed E-state index contributed by atoms with van der Waals surface area (Å²) in [5, 5.41) is 2.97. The van der Waals surface area contributed by atoms with Crippen molar-refractivity contribution in [1.82, 2.24) is 19.9 Å². The predicted molar refractivity (Wildman–Crippen MR) is 121 cm³/mol. The second-order valence-corrected chi connectivity index (χ2v) is 8.40. The molecule has 3 heterocycles. The standard InChI is InChI=1S/C24H22FN5O2/c1-14(15-8-5-4-6-9-15)30-20-16(22(31)28-24(30,2)3)11-12-17(19(20)25)29-18-10-7-13-26-21(18)27-23(29)32/h4-14H,1-3H3,(H,28,31)(H,26,27,32). The van der Waals surface area contributed by atoms with Crippen LogP contribution in [-0.4, -0.2) is 26.1 Å². The van der Waals surface area contributed by atoms with Gasteiger partial charge in [-0.2, -0.15) is 0 Å². The Morgan fingerprint density at radius 2 is 1.78 bits per heavy atom. The van der Waals surface area contributed by atoms with E-state index in [1.807, 2.05) is 56.0 Å². The van der Waals surface area contributed by atoms with Gasteiger partial charge in [-0.1, -0.05) is 30.3 Å². The van der Waals surface area contributed by atoms with Gasteiger partial charge in [-0.05, 0) is 50.6 Å². The van der Waals surface area contributed by atoms with E-state index in [1.165, 1.54) is 10.6 Å². The highest BCUT2D eigenvalue weighted by Crippen LogP contribution is 2.41. The number of nitrogens with one attached hydrogen (secondary N) is 2. The highest BCUT2D eigenvalue weighted by Gasteiger charge is 2.42. The fourth-order valence-electron chi connectivity index (χ4n) is 4.57. The van der Waals surface area contributed by atoms with Crippen LogP contribution in [0.1, 0.15) is 42.7 Å². The van der Waals surface area contributed by atoms with Gasteiger partial charge in [0.15, 0.2) is 11.5 Å². The van der Waals surface area contributed by atoms with Gasteiger partial charge in [0.1, 0.15) is 5.66 Å². The van der Waals surface area contributed by atoms with Gasteiger partial charge < -0.3 is 10.2 Å². The number of rotatable bonds is 3. The first-order chi connectivity index (χ1) is 15.3. The van der Waals surface area contributed by atoms with E-state index < -0.39 is 17.2 Å². The molecule has 162 valence electrons. The number of pyridine rings is 1. The number of benzene rings is 2. The van der Waals surface area contributed by atoms with Crippen molar-refractivity contribution in [3.8, 4) is 5.69 Å². The van der Waals surface area contributed by atoms with Gasteiger partial charge in [0.05, 0.1) is 28.5 Å². The van der Waals surface area contributed by atoms with Gasteiger partial charge >= 0.3 is 5.69 Å². The highest BCUT2D eigenvalue weighted by molar-refractivity contribution is 6.03. The number of aromatic amines is 1. The van der Waals surface area contributed by atoms with Crippen molar-refractivity contribution in [2.75, 3.05) is 4.90 Å². The quantitative estimate of drug-likeness (QED) is 0.515. The number of imidazole rings is 1. The normalized spacial score (nSPS) is 16.0. The monoisotopic (exact) mass is 431 g/mol. The predicted octanol–water partition coefficient (Wildman–Crippen LogP) is 3.90. The molecule has 4 aromatic rings. The fourth-order valence-corrected chi connectivity index (χ4v) is 4.57. The molecule has 7 nitrogen and oxygen atoms in total. The van der Waals surface area contributed by atoms with Gasteiger partial charge in [0, 0.05) is 6.20 Å². The van der Waals surface area contributed by atoms with Crippen LogP contribution in [0.3, 0.4) is 0 Å². The zero-order valence-electron chi connectivity index (χ0n) is 17.9. The lowest BCUT2D eigenvalue weighted by molar-refractivity contribution is 0.0891. The number of aromatic nitrogens is 3. The van der Waals surface area contributed by atoms with E-state index in [0.29, 0.717) is 11.2 Å². The van der Waals surface area contributed by atoms with Crippen molar-refractivity contribution in [3.05, 3.63) is 88.2 Å². The summed E-state index contributed by atoms with van der Waals surface area (Å²) in [5.74, 6) is -1.00. The maximum atomic E-state index is 16.3. The van der Waals surface area contributed by atoms with Crippen LogP contribution in [-0.2, 0) is 0 Å². The molecule has 1 amide bonds. The van der Waals surface area contributed by atoms with Crippen LogP contribution in [0.15, 0.2) is 65.6 Å². The first kappa shape index (κ1) is 20.0. The molecule has 0 saturated carbocycles. The Balaban J connectivity index is 1.77. The average molecular weight is 431 g/mol. The largest absolute Gasteiger partial charge is 0.339 e. The minimum atomic E-state index is -0.870. The van der Waals surface area contributed by atoms with Crippen molar-refractivity contribution >= 4 is 22.8 Å². The smallest absolute Gasteiger partial charge is 0.332 e. The number of hydrogen-bond acceptors (Lipinski definition) is 4. The minimum Gasteiger partial charge on any atom is -0.339 e. The Morgan fingerprint density at radius 3 is 2.53 bits per heavy atom. The first-order valence-corrected chi connectivity index (χ1v) is 10.3. The zero-order valence-corrected chi connectivity index (χ0v) is 17.9. The highest BCUT2D eigenvalue weighted by atomic mass is 19.1. The van der Waals surface area contributed by atoms with Crippen LogP contribution in [0.25, 0.3) is 16.9 Å². The number of H-pyrrole nitrogens is 1. The van der Waals surface area contributed by atoms with E-state index in [2.05, 4.69) is 15.3 Å². The summed E-state index contributed by atoms with van der Waals surface area (Å²) in [4.78, 5) is 34.2. The summed E-state index contributed by atoms with van der Waals surface area (Å²) in [6.45, 7) is 5.63. The maximum Gasteiger partial charge on any atom is 0.332 e. The lowest BCUT2D eigenvalue weighted by Crippen LogP contribution is -2.61. The Morgan fingerprint density at radius 1 is 1.03 bits per heavy atom. The zero-order chi connectivity index (χ0) is 22.6. The van der Waals surface area contributed by atoms with Crippen molar-refractivity contribution in [2.24, 2.45) is 0 Å². The summed E-state index contributed by atoms with van der Waals surface area (Å²) < 4.78 is 17.5. The fraction of sp³-hybridized carbons (Fsp3) is 0.208.